The first-order valence-corrected chi connectivity index (χ1v) is 9.10. The van der Waals surface area contributed by atoms with Crippen LogP contribution in [0, 0.1) is 6.92 Å². The number of hydrogen-bond donors (Lipinski definition) is 2. The molecule has 0 spiro atoms. The van der Waals surface area contributed by atoms with Crippen molar-refractivity contribution in [2.45, 2.75) is 46.1 Å². The van der Waals surface area contributed by atoms with Gasteiger partial charge in [-0.1, -0.05) is 0 Å². The monoisotopic (exact) mass is 353 g/mol. The van der Waals surface area contributed by atoms with Crippen LogP contribution >= 0.6 is 0 Å². The van der Waals surface area contributed by atoms with Gasteiger partial charge in [-0.05, 0) is 70.9 Å². The molecular formula is C20H27N5O. The van der Waals surface area contributed by atoms with Gasteiger partial charge in [-0.25, -0.2) is 9.97 Å². The Labute approximate surface area is 155 Å². The zero-order valence-corrected chi connectivity index (χ0v) is 16.0. The van der Waals surface area contributed by atoms with Crippen LogP contribution in [-0.2, 0) is 0 Å². The van der Waals surface area contributed by atoms with E-state index in [1.165, 1.54) is 18.5 Å². The van der Waals surface area contributed by atoms with E-state index in [0.717, 1.165) is 24.5 Å². The summed E-state index contributed by atoms with van der Waals surface area (Å²) >= 11 is 0. The van der Waals surface area contributed by atoms with E-state index in [2.05, 4.69) is 37.6 Å². The predicted molar refractivity (Wildman–Crippen MR) is 105 cm³/mol. The lowest BCUT2D eigenvalue weighted by molar-refractivity contribution is 0.0914. The average molecular weight is 353 g/mol. The molecule has 26 heavy (non-hydrogen) atoms. The Balaban J connectivity index is 1.74. The molecule has 1 aliphatic heterocycles. The Morgan fingerprint density at radius 3 is 2.35 bits per heavy atom. The molecule has 0 aliphatic carbocycles. The van der Waals surface area contributed by atoms with Crippen LogP contribution < -0.4 is 15.5 Å². The van der Waals surface area contributed by atoms with Gasteiger partial charge in [-0.2, -0.15) is 0 Å². The van der Waals surface area contributed by atoms with E-state index in [0.29, 0.717) is 11.6 Å². The van der Waals surface area contributed by atoms with Crippen LogP contribution in [0.15, 0.2) is 30.3 Å². The Kier molecular flexibility index (Phi) is 5.11. The molecule has 2 aromatic rings. The van der Waals surface area contributed by atoms with Crippen molar-refractivity contribution in [1.82, 2.24) is 15.3 Å². The molecule has 1 amide bonds. The minimum Gasteiger partial charge on any atom is -0.372 e. The zero-order valence-electron chi connectivity index (χ0n) is 16.0. The number of aromatic nitrogens is 2. The van der Waals surface area contributed by atoms with E-state index in [4.69, 9.17) is 0 Å². The van der Waals surface area contributed by atoms with Crippen molar-refractivity contribution >= 4 is 23.2 Å². The summed E-state index contributed by atoms with van der Waals surface area (Å²) in [6, 6.07) is 9.96. The number of hydrogen-bond acceptors (Lipinski definition) is 5. The Morgan fingerprint density at radius 1 is 1.08 bits per heavy atom. The van der Waals surface area contributed by atoms with E-state index in [9.17, 15) is 4.79 Å². The van der Waals surface area contributed by atoms with E-state index < -0.39 is 0 Å². The predicted octanol–water partition coefficient (Wildman–Crippen LogP) is 3.66. The van der Waals surface area contributed by atoms with Crippen molar-refractivity contribution in [2.75, 3.05) is 23.3 Å². The second-order valence-electron chi connectivity index (χ2n) is 7.79. The smallest absolute Gasteiger partial charge is 0.270 e. The largest absolute Gasteiger partial charge is 0.372 e. The topological polar surface area (TPSA) is 70.2 Å². The number of anilines is 3. The summed E-state index contributed by atoms with van der Waals surface area (Å²) in [5.74, 6) is 0.230. The molecule has 6 nitrogen and oxygen atoms in total. The maximum Gasteiger partial charge on any atom is 0.270 e. The first-order chi connectivity index (χ1) is 12.3. The van der Waals surface area contributed by atoms with Crippen molar-refractivity contribution in [2.24, 2.45) is 0 Å². The van der Waals surface area contributed by atoms with E-state index >= 15 is 0 Å². The van der Waals surface area contributed by atoms with Crippen molar-refractivity contribution in [3.63, 3.8) is 0 Å². The van der Waals surface area contributed by atoms with Gasteiger partial charge in [0.25, 0.3) is 5.91 Å². The highest BCUT2D eigenvalue weighted by Gasteiger charge is 2.18. The Bertz CT molecular complexity index is 774. The number of amides is 1. The third-order valence-corrected chi connectivity index (χ3v) is 4.17. The van der Waals surface area contributed by atoms with Crippen LogP contribution in [0.2, 0.25) is 0 Å². The highest BCUT2D eigenvalue weighted by atomic mass is 16.2. The maximum absolute atomic E-state index is 12.4. The summed E-state index contributed by atoms with van der Waals surface area (Å²) in [5.41, 5.74) is 2.94. The van der Waals surface area contributed by atoms with E-state index in [1.807, 2.05) is 39.8 Å². The van der Waals surface area contributed by atoms with Crippen LogP contribution in [0.4, 0.5) is 17.3 Å². The molecule has 0 unspecified atom stereocenters. The summed E-state index contributed by atoms with van der Waals surface area (Å²) in [5, 5.41) is 6.13. The number of aryl methyl sites for hydroxylation is 1. The molecule has 1 aromatic heterocycles. The number of nitrogens with one attached hydrogen (secondary N) is 2. The quantitative estimate of drug-likeness (QED) is 0.878. The van der Waals surface area contributed by atoms with Crippen LogP contribution in [0.5, 0.6) is 0 Å². The summed E-state index contributed by atoms with van der Waals surface area (Å²) in [4.78, 5) is 23.5. The molecule has 0 atom stereocenters. The van der Waals surface area contributed by atoms with E-state index in [1.54, 1.807) is 6.07 Å². The number of carbonyl (C=O) groups excluding carboxylic acids is 1. The van der Waals surface area contributed by atoms with Crippen LogP contribution in [0.3, 0.4) is 0 Å². The van der Waals surface area contributed by atoms with Gasteiger partial charge in [0, 0.05) is 35.7 Å². The van der Waals surface area contributed by atoms with E-state index in [-0.39, 0.29) is 11.4 Å². The highest BCUT2D eigenvalue weighted by molar-refractivity contribution is 5.93. The maximum atomic E-state index is 12.4. The van der Waals surface area contributed by atoms with Gasteiger partial charge in [0.05, 0.1) is 0 Å². The third kappa shape index (κ3) is 4.71. The summed E-state index contributed by atoms with van der Waals surface area (Å²) < 4.78 is 0. The van der Waals surface area contributed by atoms with Crippen molar-refractivity contribution < 1.29 is 4.79 Å². The molecule has 0 saturated carbocycles. The first kappa shape index (κ1) is 18.2. The SMILES string of the molecule is Cc1cc(C(=O)NC(C)(C)C)nc(Nc2ccc(N3CCCC3)cc2)n1. The van der Waals surface area contributed by atoms with Crippen molar-refractivity contribution in [3.05, 3.63) is 41.7 Å². The molecule has 0 bridgehead atoms. The molecule has 0 radical (unpaired) electrons. The average Bonchev–Trinajstić information content (AvgIpc) is 3.08. The number of nitrogens with zero attached hydrogens (tertiary/aromatic N) is 3. The fourth-order valence-corrected chi connectivity index (χ4v) is 3.01. The number of benzene rings is 1. The fraction of sp³-hybridized carbons (Fsp3) is 0.450. The van der Waals surface area contributed by atoms with Gasteiger partial charge >= 0.3 is 0 Å². The van der Waals surface area contributed by atoms with Crippen molar-refractivity contribution in [1.29, 1.82) is 0 Å². The molecular weight excluding hydrogens is 326 g/mol. The molecule has 1 saturated heterocycles. The normalized spacial score (nSPS) is 14.4. The second-order valence-corrected chi connectivity index (χ2v) is 7.79. The first-order valence-electron chi connectivity index (χ1n) is 9.10. The van der Waals surface area contributed by atoms with Gasteiger partial charge in [0.1, 0.15) is 5.69 Å². The standard InChI is InChI=1S/C20H27N5O/c1-14-13-17(18(26)24-20(2,3)4)23-19(21-14)22-15-7-9-16(10-8-15)25-11-5-6-12-25/h7-10,13H,5-6,11-12H2,1-4H3,(H,24,26)(H,21,22,23). The van der Waals surface area contributed by atoms with Gasteiger partial charge < -0.3 is 15.5 Å². The molecule has 2 N–H and O–H groups in total. The Hall–Kier alpha value is -2.63. The molecule has 138 valence electrons. The van der Waals surface area contributed by atoms with Gasteiger partial charge in [-0.3, -0.25) is 4.79 Å². The highest BCUT2D eigenvalue weighted by Crippen LogP contribution is 2.23. The van der Waals surface area contributed by atoms with Gasteiger partial charge in [0.15, 0.2) is 0 Å². The molecule has 1 fully saturated rings. The van der Waals surface area contributed by atoms with Crippen LogP contribution in [-0.4, -0.2) is 34.5 Å². The zero-order chi connectivity index (χ0) is 18.7. The second kappa shape index (κ2) is 7.32. The van der Waals surface area contributed by atoms with Gasteiger partial charge in [0.2, 0.25) is 5.95 Å². The van der Waals surface area contributed by atoms with Crippen LogP contribution in [0.25, 0.3) is 0 Å². The summed E-state index contributed by atoms with van der Waals surface area (Å²) in [7, 11) is 0. The fourth-order valence-electron chi connectivity index (χ4n) is 3.01. The molecule has 1 aromatic carbocycles. The summed E-state index contributed by atoms with van der Waals surface area (Å²) in [6.07, 6.45) is 2.52. The molecule has 3 rings (SSSR count). The minimum absolute atomic E-state index is 0.199. The van der Waals surface area contributed by atoms with Crippen LogP contribution in [0.1, 0.15) is 49.8 Å². The number of rotatable bonds is 4. The Morgan fingerprint density at radius 2 is 1.73 bits per heavy atom. The van der Waals surface area contributed by atoms with Crippen molar-refractivity contribution in [3.8, 4) is 0 Å². The summed E-state index contributed by atoms with van der Waals surface area (Å²) in [6.45, 7) is 9.94. The molecule has 2 heterocycles. The van der Waals surface area contributed by atoms with Gasteiger partial charge in [-0.15, -0.1) is 0 Å². The lowest BCUT2D eigenvalue weighted by Crippen LogP contribution is -2.41. The lowest BCUT2D eigenvalue weighted by atomic mass is 10.1. The lowest BCUT2D eigenvalue weighted by Gasteiger charge is -2.20. The third-order valence-electron chi connectivity index (χ3n) is 4.17. The number of carbonyl (C=O) groups is 1. The molecule has 6 heteroatoms. The molecule has 1 aliphatic rings. The minimum atomic E-state index is -0.311.